The van der Waals surface area contributed by atoms with Crippen LogP contribution < -0.4 is 10.3 Å². The molecule has 118 valence electrons. The summed E-state index contributed by atoms with van der Waals surface area (Å²) >= 11 is -0.533. The summed E-state index contributed by atoms with van der Waals surface area (Å²) in [5.74, 6) is -0.656. The number of alkyl halides is 3. The zero-order valence-electron chi connectivity index (χ0n) is 11.6. The van der Waals surface area contributed by atoms with Gasteiger partial charge in [0.05, 0.1) is 7.11 Å². The Balaban J connectivity index is 2.67. The maximum Gasteiger partial charge on any atom is 0.446 e. The second-order valence-corrected chi connectivity index (χ2v) is 5.42. The van der Waals surface area contributed by atoms with E-state index in [1.165, 1.54) is 25.3 Å². The predicted octanol–water partition coefficient (Wildman–Crippen LogP) is 3.91. The molecule has 0 bridgehead atoms. The molecule has 0 saturated carbocycles. The summed E-state index contributed by atoms with van der Waals surface area (Å²) in [6.07, 6.45) is 0. The van der Waals surface area contributed by atoms with Gasteiger partial charge in [0.25, 0.3) is 5.56 Å². The average Bonchev–Trinajstić information content (AvgIpc) is 2.42. The van der Waals surface area contributed by atoms with Gasteiger partial charge in [-0.3, -0.25) is 9.36 Å². The molecule has 2 rings (SSSR count). The maximum absolute atomic E-state index is 13.0. The summed E-state index contributed by atoms with van der Waals surface area (Å²) in [5, 5.41) is 0. The third kappa shape index (κ3) is 3.44. The SMILES string of the molecule is COc1cc(C)n(-c2ccc(F)cc2)c(=O)c1SC(F)(F)F. The van der Waals surface area contributed by atoms with Crippen LogP contribution in [0.15, 0.2) is 40.0 Å². The van der Waals surface area contributed by atoms with E-state index in [2.05, 4.69) is 0 Å². The van der Waals surface area contributed by atoms with E-state index in [1.807, 2.05) is 0 Å². The van der Waals surface area contributed by atoms with Gasteiger partial charge in [0.2, 0.25) is 0 Å². The molecule has 0 saturated heterocycles. The molecule has 1 heterocycles. The Morgan fingerprint density at radius 2 is 1.77 bits per heavy atom. The second-order valence-electron chi connectivity index (χ2n) is 4.35. The molecule has 0 fully saturated rings. The van der Waals surface area contributed by atoms with Gasteiger partial charge in [-0.15, -0.1) is 0 Å². The molecule has 1 aromatic carbocycles. The molecule has 8 heteroatoms. The lowest BCUT2D eigenvalue weighted by molar-refractivity contribution is -0.0329. The number of pyridine rings is 1. The van der Waals surface area contributed by atoms with Gasteiger partial charge in [-0.1, -0.05) is 0 Å². The molecule has 0 radical (unpaired) electrons. The first-order chi connectivity index (χ1) is 10.2. The number of ether oxygens (including phenoxy) is 1. The first-order valence-electron chi connectivity index (χ1n) is 6.05. The zero-order chi connectivity index (χ0) is 16.5. The van der Waals surface area contributed by atoms with Crippen molar-refractivity contribution in [2.75, 3.05) is 7.11 Å². The van der Waals surface area contributed by atoms with Crippen molar-refractivity contribution in [3.8, 4) is 11.4 Å². The minimum Gasteiger partial charge on any atom is -0.495 e. The topological polar surface area (TPSA) is 31.2 Å². The fourth-order valence-corrected chi connectivity index (χ4v) is 2.61. The molecule has 22 heavy (non-hydrogen) atoms. The lowest BCUT2D eigenvalue weighted by Crippen LogP contribution is -2.24. The van der Waals surface area contributed by atoms with Crippen molar-refractivity contribution in [1.82, 2.24) is 4.57 Å². The molecule has 1 aromatic heterocycles. The molecule has 0 aliphatic rings. The Morgan fingerprint density at radius 1 is 1.18 bits per heavy atom. The number of hydrogen-bond acceptors (Lipinski definition) is 3. The highest BCUT2D eigenvalue weighted by molar-refractivity contribution is 8.00. The molecule has 0 atom stereocenters. The summed E-state index contributed by atoms with van der Waals surface area (Å²) in [7, 11) is 1.19. The van der Waals surface area contributed by atoms with Crippen molar-refractivity contribution >= 4 is 11.8 Å². The molecular formula is C14H11F4NO2S. The van der Waals surface area contributed by atoms with Crippen LogP contribution in [0.4, 0.5) is 17.6 Å². The van der Waals surface area contributed by atoms with Crippen LogP contribution in [0.5, 0.6) is 5.75 Å². The average molecular weight is 333 g/mol. The van der Waals surface area contributed by atoms with Gasteiger partial charge in [0, 0.05) is 17.4 Å². The maximum atomic E-state index is 13.0. The van der Waals surface area contributed by atoms with Crippen LogP contribution in [0, 0.1) is 12.7 Å². The number of methoxy groups -OCH3 is 1. The molecule has 0 aliphatic carbocycles. The quantitative estimate of drug-likeness (QED) is 0.630. The van der Waals surface area contributed by atoms with E-state index < -0.39 is 33.5 Å². The second kappa shape index (κ2) is 6.04. The first kappa shape index (κ1) is 16.4. The van der Waals surface area contributed by atoms with Crippen molar-refractivity contribution in [2.24, 2.45) is 0 Å². The number of nitrogens with zero attached hydrogens (tertiary/aromatic N) is 1. The van der Waals surface area contributed by atoms with E-state index in [9.17, 15) is 22.4 Å². The minimum atomic E-state index is -4.62. The van der Waals surface area contributed by atoms with E-state index in [1.54, 1.807) is 6.92 Å². The van der Waals surface area contributed by atoms with Crippen LogP contribution in [0.25, 0.3) is 5.69 Å². The van der Waals surface area contributed by atoms with Gasteiger partial charge in [-0.25, -0.2) is 4.39 Å². The zero-order valence-corrected chi connectivity index (χ0v) is 12.4. The third-order valence-corrected chi connectivity index (χ3v) is 3.65. The van der Waals surface area contributed by atoms with Crippen LogP contribution in [0.2, 0.25) is 0 Å². The standard InChI is InChI=1S/C14H11F4NO2S/c1-8-7-11(21-2)12(22-14(16,17)18)13(20)19(8)10-5-3-9(15)4-6-10/h3-7H,1-2H3. The van der Waals surface area contributed by atoms with E-state index in [0.29, 0.717) is 5.69 Å². The molecule has 0 spiro atoms. The molecular weight excluding hydrogens is 322 g/mol. The van der Waals surface area contributed by atoms with Crippen LogP contribution in [-0.4, -0.2) is 17.2 Å². The largest absolute Gasteiger partial charge is 0.495 e. The Labute approximate surface area is 127 Å². The predicted molar refractivity (Wildman–Crippen MR) is 75.2 cm³/mol. The van der Waals surface area contributed by atoms with Gasteiger partial charge in [0.15, 0.2) is 0 Å². The van der Waals surface area contributed by atoms with Gasteiger partial charge in [-0.05, 0) is 43.0 Å². The Morgan fingerprint density at radius 3 is 2.27 bits per heavy atom. The Kier molecular flexibility index (Phi) is 4.50. The first-order valence-corrected chi connectivity index (χ1v) is 6.87. The summed E-state index contributed by atoms with van der Waals surface area (Å²) in [4.78, 5) is 11.8. The summed E-state index contributed by atoms with van der Waals surface area (Å²) in [5.41, 5.74) is -4.84. The van der Waals surface area contributed by atoms with Crippen LogP contribution in [-0.2, 0) is 0 Å². The Hall–Kier alpha value is -1.96. The van der Waals surface area contributed by atoms with Gasteiger partial charge >= 0.3 is 5.51 Å². The Bertz CT molecular complexity index is 738. The van der Waals surface area contributed by atoms with Gasteiger partial charge in [-0.2, -0.15) is 13.2 Å². The number of benzene rings is 1. The monoisotopic (exact) mass is 333 g/mol. The number of rotatable bonds is 3. The highest BCUT2D eigenvalue weighted by atomic mass is 32.2. The molecule has 0 aliphatic heterocycles. The van der Waals surface area contributed by atoms with Gasteiger partial charge in [0.1, 0.15) is 16.5 Å². The number of aryl methyl sites for hydroxylation is 1. The van der Waals surface area contributed by atoms with Gasteiger partial charge < -0.3 is 4.74 Å². The summed E-state index contributed by atoms with van der Waals surface area (Å²) < 4.78 is 56.8. The highest BCUT2D eigenvalue weighted by Crippen LogP contribution is 2.39. The van der Waals surface area contributed by atoms with Crippen LogP contribution in [0.3, 0.4) is 0 Å². The van der Waals surface area contributed by atoms with Crippen LogP contribution >= 0.6 is 11.8 Å². The van der Waals surface area contributed by atoms with Crippen molar-refractivity contribution in [3.63, 3.8) is 0 Å². The van der Waals surface area contributed by atoms with Crippen molar-refractivity contribution in [3.05, 3.63) is 52.2 Å². The third-order valence-electron chi connectivity index (χ3n) is 2.84. The molecule has 3 nitrogen and oxygen atoms in total. The molecule has 2 aromatic rings. The minimum absolute atomic E-state index is 0.150. The molecule has 0 unspecified atom stereocenters. The van der Waals surface area contributed by atoms with Crippen molar-refractivity contribution in [2.45, 2.75) is 17.3 Å². The van der Waals surface area contributed by atoms with E-state index in [0.717, 1.165) is 16.7 Å². The lowest BCUT2D eigenvalue weighted by Gasteiger charge is -2.16. The molecule has 0 amide bonds. The van der Waals surface area contributed by atoms with E-state index in [-0.39, 0.29) is 11.4 Å². The fraction of sp³-hybridized carbons (Fsp3) is 0.214. The van der Waals surface area contributed by atoms with Crippen LogP contribution in [0.1, 0.15) is 5.69 Å². The van der Waals surface area contributed by atoms with Crippen molar-refractivity contribution < 1.29 is 22.3 Å². The van der Waals surface area contributed by atoms with E-state index >= 15 is 0 Å². The number of halogens is 4. The summed E-state index contributed by atoms with van der Waals surface area (Å²) in [6.45, 7) is 1.55. The fourth-order valence-electron chi connectivity index (χ4n) is 1.96. The highest BCUT2D eigenvalue weighted by Gasteiger charge is 2.33. The van der Waals surface area contributed by atoms with E-state index in [4.69, 9.17) is 4.74 Å². The smallest absolute Gasteiger partial charge is 0.446 e. The normalized spacial score (nSPS) is 11.5. The summed E-state index contributed by atoms with van der Waals surface area (Å²) in [6, 6.07) is 6.22. The van der Waals surface area contributed by atoms with Crippen molar-refractivity contribution in [1.29, 1.82) is 0 Å². The number of thioether (sulfide) groups is 1. The molecule has 0 N–H and O–H groups in total. The lowest BCUT2D eigenvalue weighted by atomic mass is 10.2. The number of hydrogen-bond donors (Lipinski definition) is 0. The number of aromatic nitrogens is 1.